The van der Waals surface area contributed by atoms with E-state index in [0.717, 1.165) is 37.9 Å². The summed E-state index contributed by atoms with van der Waals surface area (Å²) in [6.07, 6.45) is 4.79. The van der Waals surface area contributed by atoms with Gasteiger partial charge in [-0.1, -0.05) is 6.07 Å². The van der Waals surface area contributed by atoms with Crippen LogP contribution in [0, 0.1) is 17.8 Å². The minimum atomic E-state index is -0.263. The van der Waals surface area contributed by atoms with Gasteiger partial charge in [-0.2, -0.15) is 0 Å². The van der Waals surface area contributed by atoms with Crippen molar-refractivity contribution < 1.29 is 23.9 Å². The van der Waals surface area contributed by atoms with Gasteiger partial charge >= 0.3 is 0 Å². The lowest BCUT2D eigenvalue weighted by Gasteiger charge is -2.52. The zero-order valence-electron chi connectivity index (χ0n) is 20.2. The molecule has 4 saturated heterocycles. The number of hydrogen-bond acceptors (Lipinski definition) is 5. The summed E-state index contributed by atoms with van der Waals surface area (Å²) in [5, 5.41) is 0. The van der Waals surface area contributed by atoms with Gasteiger partial charge in [-0.15, -0.1) is 0 Å². The zero-order chi connectivity index (χ0) is 23.8. The van der Waals surface area contributed by atoms with Crippen LogP contribution in [0.3, 0.4) is 0 Å². The van der Waals surface area contributed by atoms with Crippen molar-refractivity contribution >= 4 is 17.7 Å². The molecule has 3 amide bonds. The van der Waals surface area contributed by atoms with Crippen LogP contribution in [-0.4, -0.2) is 85.4 Å². The molecular weight excluding hydrogens is 434 g/mol. The number of likely N-dealkylation sites (tertiary alicyclic amines) is 2. The molecule has 1 aromatic carbocycles. The molecule has 4 aliphatic heterocycles. The quantitative estimate of drug-likeness (QED) is 0.636. The van der Waals surface area contributed by atoms with Crippen molar-refractivity contribution in [3.63, 3.8) is 0 Å². The predicted molar refractivity (Wildman–Crippen MR) is 125 cm³/mol. The van der Waals surface area contributed by atoms with Gasteiger partial charge in [0.15, 0.2) is 11.5 Å². The standard InChI is InChI=1S/C26H35N3O5/c1-33-22-7-6-17(11-23(22)34-2)8-9-27-16-20(12-25(27)31)26(32)28-13-18-10-19(15-28)21-4-3-5-24(30)29(21)14-18/h6-7,11,18-21H,3-5,8-10,12-16H2,1-2H3/t18-,19+,20+,21-/m1/s1. The molecule has 4 atom stereocenters. The number of carbonyl (C=O) groups is 3. The maximum absolute atomic E-state index is 13.4. The SMILES string of the molecule is COc1ccc(CCN2C[C@@H](C(=O)N3C[C@H]4C[C@@H](C3)[C@H]3CCCC(=O)N3C4)CC2=O)cc1OC. The molecule has 34 heavy (non-hydrogen) atoms. The topological polar surface area (TPSA) is 79.4 Å². The molecule has 2 bridgehead atoms. The number of fused-ring (bicyclic) bond motifs is 4. The molecular formula is C26H35N3O5. The normalized spacial score (nSPS) is 28.7. The molecule has 5 rings (SSSR count). The minimum Gasteiger partial charge on any atom is -0.493 e. The number of carbonyl (C=O) groups excluding carboxylic acids is 3. The Balaban J connectivity index is 1.18. The van der Waals surface area contributed by atoms with Gasteiger partial charge in [0.1, 0.15) is 0 Å². The van der Waals surface area contributed by atoms with Crippen molar-refractivity contribution in [1.82, 2.24) is 14.7 Å². The van der Waals surface area contributed by atoms with E-state index >= 15 is 0 Å². The molecule has 0 unspecified atom stereocenters. The van der Waals surface area contributed by atoms with Gasteiger partial charge in [-0.05, 0) is 55.2 Å². The van der Waals surface area contributed by atoms with Crippen molar-refractivity contribution in [3.8, 4) is 11.5 Å². The second-order valence-electron chi connectivity index (χ2n) is 10.3. The third kappa shape index (κ3) is 4.34. The highest BCUT2D eigenvalue weighted by atomic mass is 16.5. The molecule has 0 saturated carbocycles. The van der Waals surface area contributed by atoms with Crippen LogP contribution < -0.4 is 9.47 Å². The summed E-state index contributed by atoms with van der Waals surface area (Å²) in [6.45, 7) is 3.29. The number of nitrogens with zero attached hydrogens (tertiary/aromatic N) is 3. The van der Waals surface area contributed by atoms with Gasteiger partial charge in [0.25, 0.3) is 0 Å². The molecule has 0 aliphatic carbocycles. The molecule has 0 aromatic heterocycles. The number of rotatable bonds is 6. The lowest BCUT2D eigenvalue weighted by atomic mass is 9.75. The van der Waals surface area contributed by atoms with Crippen molar-refractivity contribution in [1.29, 1.82) is 0 Å². The van der Waals surface area contributed by atoms with E-state index in [1.54, 1.807) is 14.2 Å². The summed E-state index contributed by atoms with van der Waals surface area (Å²) in [7, 11) is 3.22. The predicted octanol–water partition coefficient (Wildman–Crippen LogP) is 1.95. The number of amides is 3. The second-order valence-corrected chi connectivity index (χ2v) is 10.3. The van der Waals surface area contributed by atoms with E-state index in [0.29, 0.717) is 62.2 Å². The maximum Gasteiger partial charge on any atom is 0.228 e. The summed E-state index contributed by atoms with van der Waals surface area (Å²) in [5.41, 5.74) is 1.07. The average molecular weight is 470 g/mol. The van der Waals surface area contributed by atoms with E-state index in [9.17, 15) is 14.4 Å². The van der Waals surface area contributed by atoms with E-state index < -0.39 is 0 Å². The Hall–Kier alpha value is -2.77. The van der Waals surface area contributed by atoms with Crippen LogP contribution in [0.2, 0.25) is 0 Å². The fourth-order valence-electron chi connectivity index (χ4n) is 6.50. The first-order valence-electron chi connectivity index (χ1n) is 12.5. The van der Waals surface area contributed by atoms with Crippen LogP contribution >= 0.6 is 0 Å². The Morgan fingerprint density at radius 3 is 2.65 bits per heavy atom. The Kier molecular flexibility index (Phi) is 6.40. The molecule has 8 nitrogen and oxygen atoms in total. The van der Waals surface area contributed by atoms with E-state index in [2.05, 4.69) is 4.90 Å². The summed E-state index contributed by atoms with van der Waals surface area (Å²) in [4.78, 5) is 44.4. The molecule has 184 valence electrons. The Bertz CT molecular complexity index is 966. The number of benzene rings is 1. The molecule has 4 heterocycles. The zero-order valence-corrected chi connectivity index (χ0v) is 20.2. The summed E-state index contributed by atoms with van der Waals surface area (Å²) >= 11 is 0. The lowest BCUT2D eigenvalue weighted by molar-refractivity contribution is -0.150. The van der Waals surface area contributed by atoms with Crippen molar-refractivity contribution in [2.45, 2.75) is 44.6 Å². The third-order valence-corrected chi connectivity index (χ3v) is 8.17. The highest BCUT2D eigenvalue weighted by molar-refractivity contribution is 5.89. The van der Waals surface area contributed by atoms with E-state index in [1.807, 2.05) is 28.0 Å². The van der Waals surface area contributed by atoms with E-state index in [4.69, 9.17) is 9.47 Å². The summed E-state index contributed by atoms with van der Waals surface area (Å²) in [6, 6.07) is 6.08. The molecule has 0 spiro atoms. The Morgan fingerprint density at radius 1 is 1.03 bits per heavy atom. The summed E-state index contributed by atoms with van der Waals surface area (Å²) < 4.78 is 10.7. The van der Waals surface area contributed by atoms with Crippen LogP contribution in [0.5, 0.6) is 11.5 Å². The van der Waals surface area contributed by atoms with Gasteiger partial charge in [0.05, 0.1) is 20.1 Å². The summed E-state index contributed by atoms with van der Waals surface area (Å²) in [5.74, 6) is 2.29. The highest BCUT2D eigenvalue weighted by Gasteiger charge is 2.46. The fourth-order valence-corrected chi connectivity index (χ4v) is 6.50. The molecule has 0 radical (unpaired) electrons. The highest BCUT2D eigenvalue weighted by Crippen LogP contribution is 2.38. The first-order valence-corrected chi connectivity index (χ1v) is 12.5. The van der Waals surface area contributed by atoms with Gasteiger partial charge in [-0.3, -0.25) is 14.4 Å². The van der Waals surface area contributed by atoms with Gasteiger partial charge in [-0.25, -0.2) is 0 Å². The minimum absolute atomic E-state index is 0.0556. The number of ether oxygens (including phenoxy) is 2. The van der Waals surface area contributed by atoms with Crippen LogP contribution in [0.15, 0.2) is 18.2 Å². The monoisotopic (exact) mass is 469 g/mol. The number of piperidine rings is 3. The number of methoxy groups -OCH3 is 2. The largest absolute Gasteiger partial charge is 0.493 e. The second kappa shape index (κ2) is 9.47. The van der Waals surface area contributed by atoms with Gasteiger partial charge < -0.3 is 24.2 Å². The Labute approximate surface area is 201 Å². The average Bonchev–Trinajstić information content (AvgIpc) is 3.23. The number of hydrogen-bond donors (Lipinski definition) is 0. The van der Waals surface area contributed by atoms with Crippen LogP contribution in [-0.2, 0) is 20.8 Å². The van der Waals surface area contributed by atoms with E-state index in [1.165, 1.54) is 0 Å². The van der Waals surface area contributed by atoms with Crippen LogP contribution in [0.1, 0.15) is 37.7 Å². The fraction of sp³-hybridized carbons (Fsp3) is 0.654. The smallest absolute Gasteiger partial charge is 0.228 e. The third-order valence-electron chi connectivity index (χ3n) is 8.17. The van der Waals surface area contributed by atoms with Gasteiger partial charge in [0, 0.05) is 51.6 Å². The van der Waals surface area contributed by atoms with E-state index in [-0.39, 0.29) is 29.7 Å². The first kappa shape index (κ1) is 23.0. The van der Waals surface area contributed by atoms with Crippen molar-refractivity contribution in [3.05, 3.63) is 23.8 Å². The van der Waals surface area contributed by atoms with Crippen molar-refractivity contribution in [2.75, 3.05) is 46.9 Å². The van der Waals surface area contributed by atoms with Crippen LogP contribution in [0.25, 0.3) is 0 Å². The molecule has 1 aromatic rings. The van der Waals surface area contributed by atoms with Crippen LogP contribution in [0.4, 0.5) is 0 Å². The maximum atomic E-state index is 13.4. The lowest BCUT2D eigenvalue weighted by Crippen LogP contribution is -2.61. The first-order chi connectivity index (χ1) is 16.5. The molecule has 4 fully saturated rings. The molecule has 8 heteroatoms. The van der Waals surface area contributed by atoms with Gasteiger partial charge in [0.2, 0.25) is 17.7 Å². The molecule has 4 aliphatic rings. The molecule has 0 N–H and O–H groups in total. The Morgan fingerprint density at radius 2 is 1.85 bits per heavy atom. The van der Waals surface area contributed by atoms with Crippen molar-refractivity contribution in [2.24, 2.45) is 17.8 Å².